The number of hydrogen-bond donors (Lipinski definition) is 2. The summed E-state index contributed by atoms with van der Waals surface area (Å²) >= 11 is 0. The smallest absolute Gasteiger partial charge is 0.276 e. The molecule has 0 aromatic heterocycles. The van der Waals surface area contributed by atoms with Gasteiger partial charge in [-0.15, -0.1) is 0 Å². The summed E-state index contributed by atoms with van der Waals surface area (Å²) in [6.07, 6.45) is 1.22. The predicted molar refractivity (Wildman–Crippen MR) is 88.5 cm³/mol. The summed E-state index contributed by atoms with van der Waals surface area (Å²) in [5.74, 6) is 0.177. The van der Waals surface area contributed by atoms with Crippen molar-refractivity contribution in [1.82, 2.24) is 4.83 Å². The second-order valence-corrected chi connectivity index (χ2v) is 6.65. The van der Waals surface area contributed by atoms with Gasteiger partial charge >= 0.3 is 0 Å². The Morgan fingerprint density at radius 3 is 2.61 bits per heavy atom. The molecule has 0 atom stereocenters. The summed E-state index contributed by atoms with van der Waals surface area (Å²) in [4.78, 5) is 2.30. The number of phenols is 1. The molecule has 0 radical (unpaired) electrons. The standard InChI is InChI=1S/C16H18N2O4S/c1-11-7-8-15(12(2)9-11)23(20,21)18-17-10-13-5-4-6-14(22-3)16(13)19/h4-10,18-19H,1-3H3/b17-10+. The Bertz CT molecular complexity index is 845. The quantitative estimate of drug-likeness (QED) is 0.649. The van der Waals surface area contributed by atoms with E-state index in [0.29, 0.717) is 11.1 Å². The van der Waals surface area contributed by atoms with E-state index >= 15 is 0 Å². The van der Waals surface area contributed by atoms with E-state index in [-0.39, 0.29) is 16.4 Å². The van der Waals surface area contributed by atoms with Gasteiger partial charge in [0.25, 0.3) is 10.0 Å². The minimum absolute atomic E-state index is 0.107. The van der Waals surface area contributed by atoms with Crippen LogP contribution in [0.3, 0.4) is 0 Å². The molecule has 2 aromatic rings. The Kier molecular flexibility index (Phi) is 4.90. The van der Waals surface area contributed by atoms with Crippen molar-refractivity contribution in [3.05, 3.63) is 53.1 Å². The van der Waals surface area contributed by atoms with Crippen LogP contribution in [-0.2, 0) is 10.0 Å². The zero-order chi connectivity index (χ0) is 17.0. The van der Waals surface area contributed by atoms with Crippen molar-refractivity contribution in [1.29, 1.82) is 0 Å². The van der Waals surface area contributed by atoms with Crippen LogP contribution in [0.2, 0.25) is 0 Å². The number of hydrazone groups is 1. The summed E-state index contributed by atoms with van der Waals surface area (Å²) < 4.78 is 29.5. The molecule has 0 unspecified atom stereocenters. The van der Waals surface area contributed by atoms with Crippen LogP contribution in [0.25, 0.3) is 0 Å². The monoisotopic (exact) mass is 334 g/mol. The number of benzene rings is 2. The van der Waals surface area contributed by atoms with E-state index in [1.54, 1.807) is 37.3 Å². The molecule has 23 heavy (non-hydrogen) atoms. The number of hydrogen-bond acceptors (Lipinski definition) is 5. The SMILES string of the molecule is COc1cccc(/C=N/NS(=O)(=O)c2ccc(C)cc2C)c1O. The molecular weight excluding hydrogens is 316 g/mol. The van der Waals surface area contributed by atoms with Crippen molar-refractivity contribution in [2.24, 2.45) is 5.10 Å². The summed E-state index contributed by atoms with van der Waals surface area (Å²) in [6, 6.07) is 9.88. The first-order valence-electron chi connectivity index (χ1n) is 6.83. The molecule has 0 amide bonds. The molecule has 122 valence electrons. The van der Waals surface area contributed by atoms with Crippen LogP contribution in [0.5, 0.6) is 11.5 Å². The maximum atomic E-state index is 12.3. The number of methoxy groups -OCH3 is 1. The molecule has 0 fully saturated rings. The van der Waals surface area contributed by atoms with Gasteiger partial charge in [0.2, 0.25) is 0 Å². The molecular formula is C16H18N2O4S. The van der Waals surface area contributed by atoms with Gasteiger partial charge in [0.1, 0.15) is 0 Å². The van der Waals surface area contributed by atoms with Crippen molar-refractivity contribution in [3.8, 4) is 11.5 Å². The highest BCUT2D eigenvalue weighted by molar-refractivity contribution is 7.89. The molecule has 0 aliphatic carbocycles. The van der Waals surface area contributed by atoms with Gasteiger partial charge in [0, 0.05) is 5.56 Å². The van der Waals surface area contributed by atoms with Gasteiger partial charge in [-0.05, 0) is 37.6 Å². The number of ether oxygens (including phenoxy) is 1. The number of phenolic OH excluding ortho intramolecular Hbond substituents is 1. The third kappa shape index (κ3) is 3.81. The molecule has 0 bridgehead atoms. The van der Waals surface area contributed by atoms with Gasteiger partial charge in [-0.1, -0.05) is 23.8 Å². The van der Waals surface area contributed by atoms with Crippen LogP contribution in [0.15, 0.2) is 46.4 Å². The van der Waals surface area contributed by atoms with Crippen LogP contribution in [0, 0.1) is 13.8 Å². The number of nitrogens with zero attached hydrogens (tertiary/aromatic N) is 1. The lowest BCUT2D eigenvalue weighted by Gasteiger charge is -2.08. The zero-order valence-electron chi connectivity index (χ0n) is 13.1. The molecule has 2 rings (SSSR count). The van der Waals surface area contributed by atoms with Gasteiger partial charge < -0.3 is 9.84 Å². The second kappa shape index (κ2) is 6.70. The highest BCUT2D eigenvalue weighted by Crippen LogP contribution is 2.28. The van der Waals surface area contributed by atoms with E-state index in [4.69, 9.17) is 4.74 Å². The predicted octanol–water partition coefficient (Wildman–Crippen LogP) is 2.33. The Morgan fingerprint density at radius 2 is 1.96 bits per heavy atom. The third-order valence-corrected chi connectivity index (χ3v) is 4.63. The van der Waals surface area contributed by atoms with E-state index in [9.17, 15) is 13.5 Å². The number of nitrogens with one attached hydrogen (secondary N) is 1. The lowest BCUT2D eigenvalue weighted by molar-refractivity contribution is 0.373. The maximum Gasteiger partial charge on any atom is 0.276 e. The first-order valence-corrected chi connectivity index (χ1v) is 8.31. The molecule has 0 aliphatic rings. The normalized spacial score (nSPS) is 11.6. The van der Waals surface area contributed by atoms with Gasteiger partial charge in [-0.3, -0.25) is 0 Å². The molecule has 6 nitrogen and oxygen atoms in total. The van der Waals surface area contributed by atoms with E-state index in [1.807, 2.05) is 6.92 Å². The molecule has 0 spiro atoms. The average molecular weight is 334 g/mol. The fourth-order valence-electron chi connectivity index (χ4n) is 2.12. The Balaban J connectivity index is 2.22. The van der Waals surface area contributed by atoms with Gasteiger partial charge in [0.15, 0.2) is 11.5 Å². The van der Waals surface area contributed by atoms with Gasteiger partial charge in [-0.2, -0.15) is 13.5 Å². The molecule has 0 heterocycles. The van der Waals surface area contributed by atoms with Crippen LogP contribution >= 0.6 is 0 Å². The van der Waals surface area contributed by atoms with Crippen molar-refractivity contribution in [3.63, 3.8) is 0 Å². The maximum absolute atomic E-state index is 12.3. The first-order chi connectivity index (χ1) is 10.8. The van der Waals surface area contributed by atoms with E-state index in [2.05, 4.69) is 9.93 Å². The first kappa shape index (κ1) is 16.8. The number of para-hydroxylation sites is 1. The van der Waals surface area contributed by atoms with Gasteiger partial charge in [0.05, 0.1) is 18.2 Å². The third-order valence-electron chi connectivity index (χ3n) is 3.25. The average Bonchev–Trinajstić information content (AvgIpc) is 2.48. The summed E-state index contributed by atoms with van der Waals surface area (Å²) in [7, 11) is -2.34. The Labute approximate surface area is 135 Å². The molecule has 7 heteroatoms. The van der Waals surface area contributed by atoms with Crippen LogP contribution in [0.1, 0.15) is 16.7 Å². The molecule has 2 aromatic carbocycles. The number of rotatable bonds is 5. The minimum Gasteiger partial charge on any atom is -0.504 e. The van der Waals surface area contributed by atoms with Gasteiger partial charge in [-0.25, -0.2) is 4.83 Å². The number of aromatic hydroxyl groups is 1. The van der Waals surface area contributed by atoms with Crippen LogP contribution in [0.4, 0.5) is 0 Å². The Hall–Kier alpha value is -2.54. The van der Waals surface area contributed by atoms with Crippen molar-refractivity contribution in [2.75, 3.05) is 7.11 Å². The van der Waals surface area contributed by atoms with Crippen LogP contribution in [-0.4, -0.2) is 26.8 Å². The second-order valence-electron chi connectivity index (χ2n) is 5.02. The fraction of sp³-hybridized carbons (Fsp3) is 0.188. The van der Waals surface area contributed by atoms with Crippen molar-refractivity contribution < 1.29 is 18.3 Å². The lowest BCUT2D eigenvalue weighted by Crippen LogP contribution is -2.19. The molecule has 0 saturated heterocycles. The van der Waals surface area contributed by atoms with E-state index in [0.717, 1.165) is 5.56 Å². The lowest BCUT2D eigenvalue weighted by atomic mass is 10.2. The molecule has 2 N–H and O–H groups in total. The van der Waals surface area contributed by atoms with E-state index < -0.39 is 10.0 Å². The number of sulfonamides is 1. The van der Waals surface area contributed by atoms with E-state index in [1.165, 1.54) is 19.4 Å². The van der Waals surface area contributed by atoms with Crippen molar-refractivity contribution >= 4 is 16.2 Å². The highest BCUT2D eigenvalue weighted by Gasteiger charge is 2.15. The van der Waals surface area contributed by atoms with Crippen LogP contribution < -0.4 is 9.57 Å². The summed E-state index contributed by atoms with van der Waals surface area (Å²) in [6.45, 7) is 3.61. The summed E-state index contributed by atoms with van der Waals surface area (Å²) in [5, 5.41) is 13.6. The molecule has 0 aliphatic heterocycles. The fourth-order valence-corrected chi connectivity index (χ4v) is 3.14. The Morgan fingerprint density at radius 1 is 1.22 bits per heavy atom. The van der Waals surface area contributed by atoms with Crippen molar-refractivity contribution in [2.45, 2.75) is 18.7 Å². The minimum atomic E-state index is -3.77. The number of aryl methyl sites for hydroxylation is 2. The summed E-state index contributed by atoms with van der Waals surface area (Å²) in [5.41, 5.74) is 1.95. The zero-order valence-corrected chi connectivity index (χ0v) is 13.9. The topological polar surface area (TPSA) is 88.0 Å². The highest BCUT2D eigenvalue weighted by atomic mass is 32.2. The molecule has 0 saturated carbocycles. The largest absolute Gasteiger partial charge is 0.504 e.